The molecule has 6 heterocycles. The number of benzene rings is 2. The second-order valence-corrected chi connectivity index (χ2v) is 16.1. The van der Waals surface area contributed by atoms with Gasteiger partial charge in [0.05, 0.1) is 34.5 Å². The van der Waals surface area contributed by atoms with Crippen LogP contribution in [-0.2, 0) is 19.6 Å². The van der Waals surface area contributed by atoms with Gasteiger partial charge in [-0.25, -0.2) is 9.97 Å². The average molecular weight is 725 g/mol. The molecule has 2 aromatic carbocycles. The standard InChI is InChI=1S/C23H26N4OS2.C16H22N4O/c1-16-2-3-19-20(12-16)27(23(28)15-25-19)10-9-26-7-4-17(5-8-26)24-14-18-13-22-21(30-18)6-11-29-22;1-12-2-3-14-15(10-12)20(16(21)11-18-14)9-8-19-6-4-13(17)5-7-19/h2-3,6,11-13,15,17,24H,4-5,7-10,14H2,1H3;2-3,10-11,13H,4-9,17H2,1H3. The molecule has 8 rings (SSSR count). The van der Waals surface area contributed by atoms with Crippen LogP contribution in [0.15, 0.2) is 75.9 Å². The number of hydrogen-bond acceptors (Lipinski definition) is 10. The van der Waals surface area contributed by atoms with Gasteiger partial charge < -0.3 is 30.0 Å². The molecule has 2 fully saturated rings. The molecule has 0 radical (unpaired) electrons. The van der Waals surface area contributed by atoms with E-state index in [1.807, 2.05) is 69.1 Å². The molecule has 0 atom stereocenters. The van der Waals surface area contributed by atoms with Crippen molar-refractivity contribution in [2.45, 2.75) is 71.2 Å². The van der Waals surface area contributed by atoms with E-state index in [0.717, 1.165) is 105 Å². The van der Waals surface area contributed by atoms with Crippen LogP contribution in [0.1, 0.15) is 41.7 Å². The Bertz CT molecular complexity index is 2180. The molecular weight excluding hydrogens is 677 g/mol. The molecule has 51 heavy (non-hydrogen) atoms. The zero-order valence-electron chi connectivity index (χ0n) is 29.6. The van der Waals surface area contributed by atoms with E-state index in [2.05, 4.69) is 55.6 Å². The summed E-state index contributed by atoms with van der Waals surface area (Å²) in [5, 5.41) is 5.91. The SMILES string of the molecule is Cc1ccc2ncc(=O)n(CCN3CCC(N)CC3)c2c1.Cc1ccc2ncc(=O)n(CCN3CCC(NCc4cc5sccc5s4)CC3)c2c1. The highest BCUT2D eigenvalue weighted by molar-refractivity contribution is 7.26. The van der Waals surface area contributed by atoms with Crippen molar-refractivity contribution in [1.82, 2.24) is 34.2 Å². The Labute approximate surface area is 306 Å². The van der Waals surface area contributed by atoms with Crippen molar-refractivity contribution >= 4 is 54.1 Å². The summed E-state index contributed by atoms with van der Waals surface area (Å²) in [6.07, 6.45) is 7.28. The average Bonchev–Trinajstić information content (AvgIpc) is 3.74. The normalized spacial score (nSPS) is 16.6. The highest BCUT2D eigenvalue weighted by atomic mass is 32.1. The van der Waals surface area contributed by atoms with E-state index in [1.165, 1.54) is 26.7 Å². The number of aromatic nitrogens is 4. The van der Waals surface area contributed by atoms with Crippen LogP contribution in [0.3, 0.4) is 0 Å². The summed E-state index contributed by atoms with van der Waals surface area (Å²) in [5.41, 5.74) is 11.8. The second-order valence-electron chi connectivity index (χ2n) is 14.0. The minimum atomic E-state index is -0.0261. The highest BCUT2D eigenvalue weighted by Crippen LogP contribution is 2.30. The summed E-state index contributed by atoms with van der Waals surface area (Å²) in [6.45, 7) is 12.5. The van der Waals surface area contributed by atoms with Gasteiger partial charge in [-0.2, -0.15) is 0 Å². The molecule has 0 unspecified atom stereocenters. The lowest BCUT2D eigenvalue weighted by Gasteiger charge is -2.32. The van der Waals surface area contributed by atoms with E-state index in [9.17, 15) is 9.59 Å². The zero-order chi connectivity index (χ0) is 35.3. The minimum Gasteiger partial charge on any atom is -0.328 e. The Hall–Kier alpha value is -3.78. The molecule has 2 aliphatic heterocycles. The molecule has 0 amide bonds. The molecule has 2 aliphatic rings. The molecule has 2 saturated heterocycles. The number of likely N-dealkylation sites (tertiary alicyclic amines) is 2. The summed E-state index contributed by atoms with van der Waals surface area (Å²) >= 11 is 3.73. The first-order valence-electron chi connectivity index (χ1n) is 18.1. The summed E-state index contributed by atoms with van der Waals surface area (Å²) in [5.74, 6) is 0. The van der Waals surface area contributed by atoms with E-state index >= 15 is 0 Å². The van der Waals surface area contributed by atoms with Crippen LogP contribution in [0, 0.1) is 13.8 Å². The van der Waals surface area contributed by atoms with Gasteiger partial charge in [-0.1, -0.05) is 12.1 Å². The Morgan fingerprint density at radius 1 is 0.725 bits per heavy atom. The minimum absolute atomic E-state index is 0.0134. The monoisotopic (exact) mass is 724 g/mol. The van der Waals surface area contributed by atoms with Crippen molar-refractivity contribution < 1.29 is 0 Å². The molecule has 10 nitrogen and oxygen atoms in total. The maximum Gasteiger partial charge on any atom is 0.269 e. The molecule has 12 heteroatoms. The number of fused-ring (bicyclic) bond motifs is 3. The fourth-order valence-electron chi connectivity index (χ4n) is 7.17. The van der Waals surface area contributed by atoms with Crippen molar-refractivity contribution in [3.05, 3.63) is 103 Å². The van der Waals surface area contributed by atoms with Crippen LogP contribution >= 0.6 is 22.7 Å². The fraction of sp³-hybridized carbons (Fsp3) is 0.436. The number of thiophene rings is 2. The topological polar surface area (TPSA) is 114 Å². The number of aryl methyl sites for hydroxylation is 2. The fourth-order valence-corrected chi connectivity index (χ4v) is 9.26. The molecule has 0 bridgehead atoms. The van der Waals surface area contributed by atoms with E-state index in [4.69, 9.17) is 5.73 Å². The number of piperidine rings is 2. The van der Waals surface area contributed by atoms with Gasteiger partial charge in [0.25, 0.3) is 11.1 Å². The molecule has 0 spiro atoms. The van der Waals surface area contributed by atoms with E-state index < -0.39 is 0 Å². The van der Waals surface area contributed by atoms with Gasteiger partial charge in [-0.15, -0.1) is 22.7 Å². The predicted octanol–water partition coefficient (Wildman–Crippen LogP) is 5.36. The van der Waals surface area contributed by atoms with E-state index in [1.54, 1.807) is 0 Å². The lowest BCUT2D eigenvalue weighted by atomic mass is 10.1. The van der Waals surface area contributed by atoms with Gasteiger partial charge in [-0.05, 0) is 119 Å². The largest absolute Gasteiger partial charge is 0.328 e. The summed E-state index contributed by atoms with van der Waals surface area (Å²) in [4.78, 5) is 39.3. The summed E-state index contributed by atoms with van der Waals surface area (Å²) in [6, 6.07) is 17.6. The van der Waals surface area contributed by atoms with Crippen molar-refractivity contribution in [3.63, 3.8) is 0 Å². The predicted molar refractivity (Wildman–Crippen MR) is 211 cm³/mol. The molecule has 3 N–H and O–H groups in total. The van der Waals surface area contributed by atoms with Crippen molar-refractivity contribution in [2.75, 3.05) is 39.3 Å². The van der Waals surface area contributed by atoms with Gasteiger partial charge in [0.1, 0.15) is 0 Å². The first-order chi connectivity index (χ1) is 24.8. The van der Waals surface area contributed by atoms with E-state index in [-0.39, 0.29) is 11.1 Å². The van der Waals surface area contributed by atoms with Crippen LogP contribution in [0.25, 0.3) is 31.5 Å². The number of nitrogens with one attached hydrogen (secondary N) is 1. The first kappa shape index (κ1) is 35.6. The Kier molecular flexibility index (Phi) is 11.4. The molecular formula is C39H48N8O2S2. The van der Waals surface area contributed by atoms with Gasteiger partial charge in [-0.3, -0.25) is 9.59 Å². The summed E-state index contributed by atoms with van der Waals surface area (Å²) < 4.78 is 6.52. The van der Waals surface area contributed by atoms with Crippen molar-refractivity contribution in [3.8, 4) is 0 Å². The van der Waals surface area contributed by atoms with Gasteiger partial charge in [0.2, 0.25) is 0 Å². The van der Waals surface area contributed by atoms with Gasteiger partial charge in [0.15, 0.2) is 0 Å². The quantitative estimate of drug-likeness (QED) is 0.205. The third kappa shape index (κ3) is 8.82. The third-order valence-electron chi connectivity index (χ3n) is 10.3. The van der Waals surface area contributed by atoms with Crippen molar-refractivity contribution in [2.24, 2.45) is 5.73 Å². The van der Waals surface area contributed by atoms with Crippen LogP contribution in [0.2, 0.25) is 0 Å². The lowest BCUT2D eigenvalue weighted by molar-refractivity contribution is 0.191. The van der Waals surface area contributed by atoms with Crippen molar-refractivity contribution in [1.29, 1.82) is 0 Å². The Morgan fingerprint density at radius 3 is 1.82 bits per heavy atom. The summed E-state index contributed by atoms with van der Waals surface area (Å²) in [7, 11) is 0. The number of hydrogen-bond donors (Lipinski definition) is 2. The highest BCUT2D eigenvalue weighted by Gasteiger charge is 2.20. The number of nitrogens with zero attached hydrogens (tertiary/aromatic N) is 6. The van der Waals surface area contributed by atoms with E-state index in [0.29, 0.717) is 25.2 Å². The zero-order valence-corrected chi connectivity index (χ0v) is 31.2. The van der Waals surface area contributed by atoms with Gasteiger partial charge in [0, 0.05) is 59.1 Å². The Balaban J connectivity index is 0.000000170. The smallest absolute Gasteiger partial charge is 0.269 e. The number of rotatable bonds is 9. The maximum atomic E-state index is 12.4. The third-order valence-corrected chi connectivity index (χ3v) is 12.4. The van der Waals surface area contributed by atoms with Crippen LogP contribution in [0.5, 0.6) is 0 Å². The number of nitrogens with two attached hydrogens (primary N) is 1. The molecule has 0 aliphatic carbocycles. The maximum absolute atomic E-state index is 12.4. The molecule has 0 saturated carbocycles. The molecule has 6 aromatic rings. The molecule has 268 valence electrons. The van der Waals surface area contributed by atoms with Crippen LogP contribution in [-0.4, -0.2) is 80.3 Å². The first-order valence-corrected chi connectivity index (χ1v) is 19.8. The Morgan fingerprint density at radius 2 is 1.27 bits per heavy atom. The second kappa shape index (κ2) is 16.3. The molecule has 4 aromatic heterocycles. The van der Waals surface area contributed by atoms with Gasteiger partial charge >= 0.3 is 0 Å². The van der Waals surface area contributed by atoms with Crippen LogP contribution in [0.4, 0.5) is 0 Å². The van der Waals surface area contributed by atoms with Crippen LogP contribution < -0.4 is 22.2 Å². The lowest BCUT2D eigenvalue weighted by Crippen LogP contribution is -2.43.